The van der Waals surface area contributed by atoms with E-state index >= 15 is 0 Å². The molecule has 1 amide bonds. The zero-order valence-corrected chi connectivity index (χ0v) is 14.6. The molecule has 6 heteroatoms. The third-order valence-electron chi connectivity index (χ3n) is 4.59. The fourth-order valence-electron chi connectivity index (χ4n) is 3.06. The number of amides is 1. The van der Waals surface area contributed by atoms with Gasteiger partial charge in [0.15, 0.2) is 0 Å². The molecule has 0 spiro atoms. The van der Waals surface area contributed by atoms with Gasteiger partial charge in [0.2, 0.25) is 0 Å². The van der Waals surface area contributed by atoms with Crippen molar-refractivity contribution >= 4 is 12.4 Å². The quantitative estimate of drug-likeness (QED) is 0.778. The van der Waals surface area contributed by atoms with E-state index in [-0.39, 0.29) is 5.91 Å². The number of carbonyl (C=O) groups excluding carboxylic acids is 2. The van der Waals surface area contributed by atoms with Gasteiger partial charge in [0.05, 0.1) is 0 Å². The van der Waals surface area contributed by atoms with Crippen LogP contribution in [0, 0.1) is 6.92 Å². The smallest absolute Gasteiger partial charge is 0.298 e. The van der Waals surface area contributed by atoms with Crippen molar-refractivity contribution in [1.29, 1.82) is 0 Å². The number of nitrogens with zero attached hydrogens (tertiary/aromatic N) is 3. The Morgan fingerprint density at radius 2 is 1.96 bits per heavy atom. The Hall–Kier alpha value is -2.60. The SMILES string of the molecule is Cc1cc(OC=O)cn1Cc1cccc(C(=O)N2CCN(C)CC2)c1. The van der Waals surface area contributed by atoms with Gasteiger partial charge < -0.3 is 19.1 Å². The van der Waals surface area contributed by atoms with E-state index < -0.39 is 0 Å². The number of ether oxygens (including phenoxy) is 1. The molecule has 1 aromatic carbocycles. The second kappa shape index (κ2) is 7.53. The predicted molar refractivity (Wildman–Crippen MR) is 94.8 cm³/mol. The lowest BCUT2D eigenvalue weighted by molar-refractivity contribution is -0.120. The van der Waals surface area contributed by atoms with Crippen molar-refractivity contribution in [3.8, 4) is 5.75 Å². The van der Waals surface area contributed by atoms with Crippen molar-refractivity contribution in [2.45, 2.75) is 13.5 Å². The third-order valence-corrected chi connectivity index (χ3v) is 4.59. The van der Waals surface area contributed by atoms with E-state index in [0.717, 1.165) is 43.0 Å². The van der Waals surface area contributed by atoms with Crippen molar-refractivity contribution in [3.05, 3.63) is 53.3 Å². The van der Waals surface area contributed by atoms with Crippen LogP contribution in [0.1, 0.15) is 21.6 Å². The maximum Gasteiger partial charge on any atom is 0.298 e. The highest BCUT2D eigenvalue weighted by Crippen LogP contribution is 2.18. The van der Waals surface area contributed by atoms with Crippen LogP contribution in [0.2, 0.25) is 0 Å². The molecular formula is C19H23N3O3. The van der Waals surface area contributed by atoms with Crippen molar-refractivity contribution in [3.63, 3.8) is 0 Å². The van der Waals surface area contributed by atoms with Gasteiger partial charge in [0.1, 0.15) is 5.75 Å². The zero-order valence-electron chi connectivity index (χ0n) is 14.6. The van der Waals surface area contributed by atoms with Gasteiger partial charge in [0, 0.05) is 56.2 Å². The summed E-state index contributed by atoms with van der Waals surface area (Å²) in [4.78, 5) is 27.3. The highest BCUT2D eigenvalue weighted by atomic mass is 16.5. The summed E-state index contributed by atoms with van der Waals surface area (Å²) in [6.45, 7) is 6.36. The van der Waals surface area contributed by atoms with E-state index in [2.05, 4.69) is 11.9 Å². The van der Waals surface area contributed by atoms with Crippen LogP contribution < -0.4 is 4.74 Å². The van der Waals surface area contributed by atoms with Crippen molar-refractivity contribution in [2.24, 2.45) is 0 Å². The van der Waals surface area contributed by atoms with Gasteiger partial charge in [-0.25, -0.2) is 0 Å². The molecule has 1 fully saturated rings. The Kier molecular flexibility index (Phi) is 5.19. The molecule has 1 aliphatic rings. The standard InChI is InChI=1S/C19H23N3O3/c1-15-10-18(25-14-23)13-22(15)12-16-4-3-5-17(11-16)19(24)21-8-6-20(2)7-9-21/h3-5,10-11,13-14H,6-9,12H2,1-2H3. The Bertz CT molecular complexity index is 761. The Balaban J connectivity index is 1.73. The largest absolute Gasteiger partial charge is 0.427 e. The summed E-state index contributed by atoms with van der Waals surface area (Å²) in [6, 6.07) is 9.54. The summed E-state index contributed by atoms with van der Waals surface area (Å²) >= 11 is 0. The van der Waals surface area contributed by atoms with E-state index in [1.54, 1.807) is 6.20 Å². The topological polar surface area (TPSA) is 54.8 Å². The molecule has 1 aliphatic heterocycles. The number of piperazine rings is 1. The molecule has 132 valence electrons. The Morgan fingerprint density at radius 3 is 2.68 bits per heavy atom. The number of aryl methyl sites for hydroxylation is 1. The first-order valence-corrected chi connectivity index (χ1v) is 8.40. The number of aromatic nitrogens is 1. The van der Waals surface area contributed by atoms with E-state index in [0.29, 0.717) is 18.8 Å². The Labute approximate surface area is 147 Å². The number of likely N-dealkylation sites (N-methyl/N-ethyl adjacent to an activating group) is 1. The van der Waals surface area contributed by atoms with Gasteiger partial charge in [-0.15, -0.1) is 0 Å². The monoisotopic (exact) mass is 341 g/mol. The fourth-order valence-corrected chi connectivity index (χ4v) is 3.06. The molecule has 1 saturated heterocycles. The summed E-state index contributed by atoms with van der Waals surface area (Å²) in [5.74, 6) is 0.612. The second-order valence-corrected chi connectivity index (χ2v) is 6.46. The minimum Gasteiger partial charge on any atom is -0.427 e. The molecule has 1 aromatic heterocycles. The molecule has 0 saturated carbocycles. The molecular weight excluding hydrogens is 318 g/mol. The average Bonchev–Trinajstić information content (AvgIpc) is 2.95. The molecule has 0 aliphatic carbocycles. The third kappa shape index (κ3) is 4.09. The van der Waals surface area contributed by atoms with Crippen molar-refractivity contribution in [2.75, 3.05) is 33.2 Å². The maximum atomic E-state index is 12.7. The van der Waals surface area contributed by atoms with Crippen LogP contribution in [-0.4, -0.2) is 60.0 Å². The van der Waals surface area contributed by atoms with E-state index in [9.17, 15) is 9.59 Å². The summed E-state index contributed by atoms with van der Waals surface area (Å²) in [7, 11) is 2.07. The molecule has 2 aromatic rings. The highest BCUT2D eigenvalue weighted by molar-refractivity contribution is 5.94. The summed E-state index contributed by atoms with van der Waals surface area (Å²) in [5, 5.41) is 0. The lowest BCUT2D eigenvalue weighted by Gasteiger charge is -2.32. The maximum absolute atomic E-state index is 12.7. The zero-order chi connectivity index (χ0) is 17.8. The normalized spacial score (nSPS) is 15.2. The van der Waals surface area contributed by atoms with Gasteiger partial charge in [-0.3, -0.25) is 9.59 Å². The number of carbonyl (C=O) groups is 2. The van der Waals surface area contributed by atoms with Gasteiger partial charge in [-0.05, 0) is 31.7 Å². The first-order chi connectivity index (χ1) is 12.1. The van der Waals surface area contributed by atoms with Crippen LogP contribution in [0.5, 0.6) is 5.75 Å². The minimum atomic E-state index is 0.0872. The summed E-state index contributed by atoms with van der Waals surface area (Å²) in [5.41, 5.74) is 2.75. The van der Waals surface area contributed by atoms with Crippen LogP contribution in [0.3, 0.4) is 0 Å². The lowest BCUT2D eigenvalue weighted by atomic mass is 10.1. The van der Waals surface area contributed by atoms with Gasteiger partial charge in [-0.1, -0.05) is 12.1 Å². The van der Waals surface area contributed by atoms with Gasteiger partial charge in [0.25, 0.3) is 12.4 Å². The number of hydrogen-bond acceptors (Lipinski definition) is 4. The number of rotatable bonds is 5. The fraction of sp³-hybridized carbons (Fsp3) is 0.368. The van der Waals surface area contributed by atoms with Crippen LogP contribution >= 0.6 is 0 Å². The molecule has 0 atom stereocenters. The van der Waals surface area contributed by atoms with Gasteiger partial charge in [-0.2, -0.15) is 0 Å². The van der Waals surface area contributed by atoms with Crippen LogP contribution in [0.15, 0.2) is 36.5 Å². The molecule has 3 rings (SSSR count). The van der Waals surface area contributed by atoms with E-state index in [1.807, 2.05) is 46.7 Å². The highest BCUT2D eigenvalue weighted by Gasteiger charge is 2.20. The number of benzene rings is 1. The number of hydrogen-bond donors (Lipinski definition) is 0. The lowest BCUT2D eigenvalue weighted by Crippen LogP contribution is -2.47. The molecule has 0 N–H and O–H groups in total. The van der Waals surface area contributed by atoms with Crippen molar-refractivity contribution < 1.29 is 14.3 Å². The van der Waals surface area contributed by atoms with E-state index in [4.69, 9.17) is 4.74 Å². The average molecular weight is 341 g/mol. The molecule has 0 radical (unpaired) electrons. The van der Waals surface area contributed by atoms with Gasteiger partial charge >= 0.3 is 0 Å². The molecule has 2 heterocycles. The van der Waals surface area contributed by atoms with Crippen LogP contribution in [0.4, 0.5) is 0 Å². The van der Waals surface area contributed by atoms with E-state index in [1.165, 1.54) is 0 Å². The van der Waals surface area contributed by atoms with Crippen molar-refractivity contribution in [1.82, 2.24) is 14.4 Å². The minimum absolute atomic E-state index is 0.0872. The summed E-state index contributed by atoms with van der Waals surface area (Å²) < 4.78 is 6.89. The van der Waals surface area contributed by atoms with Crippen LogP contribution in [-0.2, 0) is 11.3 Å². The summed E-state index contributed by atoms with van der Waals surface area (Å²) in [6.07, 6.45) is 1.79. The predicted octanol–water partition coefficient (Wildman–Crippen LogP) is 1.77. The molecule has 25 heavy (non-hydrogen) atoms. The molecule has 0 unspecified atom stereocenters. The Morgan fingerprint density at radius 1 is 1.20 bits per heavy atom. The molecule has 0 bridgehead atoms. The first kappa shape index (κ1) is 17.2. The van der Waals surface area contributed by atoms with Crippen LogP contribution in [0.25, 0.3) is 0 Å². The second-order valence-electron chi connectivity index (χ2n) is 6.46. The first-order valence-electron chi connectivity index (χ1n) is 8.40. The molecule has 6 nitrogen and oxygen atoms in total.